The number of hydrogen-bond donors (Lipinski definition) is 1. The van der Waals surface area contributed by atoms with Crippen molar-refractivity contribution >= 4 is 29.2 Å². The summed E-state index contributed by atoms with van der Waals surface area (Å²) in [5.41, 5.74) is 1.27. The number of para-hydroxylation sites is 1. The van der Waals surface area contributed by atoms with Gasteiger partial charge < -0.3 is 5.32 Å². The van der Waals surface area contributed by atoms with Gasteiger partial charge in [-0.25, -0.2) is 0 Å². The van der Waals surface area contributed by atoms with Gasteiger partial charge in [-0.1, -0.05) is 18.2 Å². The summed E-state index contributed by atoms with van der Waals surface area (Å²) in [4.78, 5) is 2.73. The van der Waals surface area contributed by atoms with Gasteiger partial charge in [0, 0.05) is 47.3 Å². The number of benzene rings is 1. The van der Waals surface area contributed by atoms with Crippen molar-refractivity contribution in [1.29, 1.82) is 0 Å². The Hall–Kier alpha value is -0.320. The summed E-state index contributed by atoms with van der Waals surface area (Å²) in [5, 5.41) is 3.71. The van der Waals surface area contributed by atoms with Crippen LogP contribution < -0.4 is 5.32 Å². The highest BCUT2D eigenvalue weighted by Gasteiger charge is 2.26. The highest BCUT2D eigenvalue weighted by molar-refractivity contribution is 8.03. The van der Waals surface area contributed by atoms with E-state index < -0.39 is 0 Å². The number of anilines is 1. The zero-order valence-corrected chi connectivity index (χ0v) is 13.6. The Morgan fingerprint density at radius 1 is 1.05 bits per heavy atom. The summed E-state index contributed by atoms with van der Waals surface area (Å²) in [6.07, 6.45) is 2.63. The minimum absolute atomic E-state index is 0.615. The molecule has 1 aromatic rings. The van der Waals surface area contributed by atoms with Crippen molar-refractivity contribution in [2.45, 2.75) is 24.9 Å². The second-order valence-corrected chi connectivity index (χ2v) is 7.95. The van der Waals surface area contributed by atoms with E-state index in [1.807, 2.05) is 0 Å². The maximum atomic E-state index is 3.71. The monoisotopic (exact) mass is 308 g/mol. The number of piperidine rings is 1. The van der Waals surface area contributed by atoms with E-state index >= 15 is 0 Å². The SMILES string of the molecule is c1ccc(NC2CCCN(C3CSCCSC3)C2)cc1. The van der Waals surface area contributed by atoms with Crippen LogP contribution in [0.4, 0.5) is 5.69 Å². The molecule has 0 aromatic heterocycles. The Labute approximate surface area is 131 Å². The predicted molar refractivity (Wildman–Crippen MR) is 93.1 cm³/mol. The van der Waals surface area contributed by atoms with Gasteiger partial charge in [-0.15, -0.1) is 0 Å². The standard InChI is InChI=1S/C16H24N2S2/c1-2-5-14(6-3-1)17-15-7-4-8-18(11-15)16-12-19-9-10-20-13-16/h1-3,5-6,15-17H,4,7-13H2. The van der Waals surface area contributed by atoms with Gasteiger partial charge in [0.25, 0.3) is 0 Å². The van der Waals surface area contributed by atoms with E-state index in [1.54, 1.807) is 0 Å². The third-order valence-electron chi connectivity index (χ3n) is 4.11. The first kappa shape index (κ1) is 14.6. The Morgan fingerprint density at radius 3 is 2.55 bits per heavy atom. The Kier molecular flexibility index (Phi) is 5.57. The van der Waals surface area contributed by atoms with Crippen LogP contribution in [-0.4, -0.2) is 53.1 Å². The van der Waals surface area contributed by atoms with Gasteiger partial charge in [0.2, 0.25) is 0 Å². The van der Waals surface area contributed by atoms with E-state index in [4.69, 9.17) is 0 Å². The van der Waals surface area contributed by atoms with E-state index in [2.05, 4.69) is 64.1 Å². The maximum absolute atomic E-state index is 3.71. The summed E-state index contributed by atoms with van der Waals surface area (Å²) in [6, 6.07) is 12.1. The van der Waals surface area contributed by atoms with Crippen LogP contribution in [0.2, 0.25) is 0 Å². The van der Waals surface area contributed by atoms with Crippen molar-refractivity contribution < 1.29 is 0 Å². The van der Waals surface area contributed by atoms with Gasteiger partial charge in [-0.3, -0.25) is 4.90 Å². The second-order valence-electron chi connectivity index (χ2n) is 5.65. The minimum atomic E-state index is 0.615. The highest BCUT2D eigenvalue weighted by Crippen LogP contribution is 2.24. The lowest BCUT2D eigenvalue weighted by atomic mass is 10.0. The molecule has 2 saturated heterocycles. The molecule has 2 nitrogen and oxygen atoms in total. The summed E-state index contributed by atoms with van der Waals surface area (Å²) in [6.45, 7) is 2.50. The van der Waals surface area contributed by atoms with Gasteiger partial charge in [-0.2, -0.15) is 23.5 Å². The number of nitrogens with zero attached hydrogens (tertiary/aromatic N) is 1. The predicted octanol–water partition coefficient (Wildman–Crippen LogP) is 3.41. The molecule has 1 aromatic carbocycles. The molecule has 20 heavy (non-hydrogen) atoms. The van der Waals surface area contributed by atoms with Crippen LogP contribution in [0, 0.1) is 0 Å². The molecule has 1 unspecified atom stereocenters. The molecular formula is C16H24N2S2. The zero-order valence-electron chi connectivity index (χ0n) is 12.0. The third kappa shape index (κ3) is 4.09. The average Bonchev–Trinajstić information content (AvgIpc) is 2.78. The van der Waals surface area contributed by atoms with Crippen LogP contribution in [-0.2, 0) is 0 Å². The fourth-order valence-corrected chi connectivity index (χ4v) is 5.67. The van der Waals surface area contributed by atoms with Crippen molar-refractivity contribution in [2.75, 3.05) is 41.4 Å². The number of nitrogens with one attached hydrogen (secondary N) is 1. The number of likely N-dealkylation sites (tertiary alicyclic amines) is 1. The summed E-state index contributed by atoms with van der Waals surface area (Å²) < 4.78 is 0. The molecule has 2 aliphatic rings. The molecule has 2 fully saturated rings. The Bertz CT molecular complexity index is 391. The van der Waals surface area contributed by atoms with Gasteiger partial charge in [0.1, 0.15) is 0 Å². The molecule has 0 amide bonds. The molecule has 4 heteroatoms. The maximum Gasteiger partial charge on any atom is 0.0389 e. The molecule has 0 radical (unpaired) electrons. The topological polar surface area (TPSA) is 15.3 Å². The smallest absolute Gasteiger partial charge is 0.0389 e. The van der Waals surface area contributed by atoms with Crippen molar-refractivity contribution in [2.24, 2.45) is 0 Å². The lowest BCUT2D eigenvalue weighted by Gasteiger charge is -2.38. The summed E-state index contributed by atoms with van der Waals surface area (Å²) in [5.74, 6) is 5.32. The van der Waals surface area contributed by atoms with Crippen LogP contribution in [0.1, 0.15) is 12.8 Å². The summed E-state index contributed by atoms with van der Waals surface area (Å²) in [7, 11) is 0. The summed E-state index contributed by atoms with van der Waals surface area (Å²) >= 11 is 4.28. The molecule has 110 valence electrons. The van der Waals surface area contributed by atoms with Crippen molar-refractivity contribution in [3.63, 3.8) is 0 Å². The molecule has 0 bridgehead atoms. The van der Waals surface area contributed by atoms with Crippen LogP contribution in [0.15, 0.2) is 30.3 Å². The molecule has 1 atom stereocenters. The van der Waals surface area contributed by atoms with Crippen molar-refractivity contribution in [3.8, 4) is 0 Å². The minimum Gasteiger partial charge on any atom is -0.381 e. The first-order valence-electron chi connectivity index (χ1n) is 7.63. The molecular weight excluding hydrogens is 284 g/mol. The van der Waals surface area contributed by atoms with Crippen molar-refractivity contribution in [1.82, 2.24) is 4.90 Å². The molecule has 2 heterocycles. The van der Waals surface area contributed by atoms with E-state index in [-0.39, 0.29) is 0 Å². The number of rotatable bonds is 3. The van der Waals surface area contributed by atoms with Gasteiger partial charge in [0.15, 0.2) is 0 Å². The Morgan fingerprint density at radius 2 is 1.80 bits per heavy atom. The van der Waals surface area contributed by atoms with Crippen molar-refractivity contribution in [3.05, 3.63) is 30.3 Å². The lowest BCUT2D eigenvalue weighted by molar-refractivity contribution is 0.180. The largest absolute Gasteiger partial charge is 0.381 e. The van der Waals surface area contributed by atoms with Crippen LogP contribution >= 0.6 is 23.5 Å². The third-order valence-corrected chi connectivity index (χ3v) is 6.59. The molecule has 0 saturated carbocycles. The van der Waals surface area contributed by atoms with Crippen LogP contribution in [0.5, 0.6) is 0 Å². The van der Waals surface area contributed by atoms with Crippen LogP contribution in [0.3, 0.4) is 0 Å². The number of hydrogen-bond acceptors (Lipinski definition) is 4. The van der Waals surface area contributed by atoms with E-state index in [0.29, 0.717) is 6.04 Å². The number of thioether (sulfide) groups is 2. The van der Waals surface area contributed by atoms with Gasteiger partial charge >= 0.3 is 0 Å². The van der Waals surface area contributed by atoms with E-state index in [9.17, 15) is 0 Å². The molecule has 2 aliphatic heterocycles. The van der Waals surface area contributed by atoms with Gasteiger partial charge in [0.05, 0.1) is 0 Å². The second kappa shape index (κ2) is 7.62. The Balaban J connectivity index is 1.55. The zero-order chi connectivity index (χ0) is 13.6. The first-order valence-corrected chi connectivity index (χ1v) is 9.94. The first-order chi connectivity index (χ1) is 9.92. The lowest BCUT2D eigenvalue weighted by Crippen LogP contribution is -2.48. The molecule has 0 spiro atoms. The molecule has 1 N–H and O–H groups in total. The normalized spacial score (nSPS) is 26.1. The van der Waals surface area contributed by atoms with E-state index in [0.717, 1.165) is 6.04 Å². The molecule has 3 rings (SSSR count). The van der Waals surface area contributed by atoms with Crippen LogP contribution in [0.25, 0.3) is 0 Å². The highest BCUT2D eigenvalue weighted by atomic mass is 32.2. The van der Waals surface area contributed by atoms with Gasteiger partial charge in [-0.05, 0) is 31.5 Å². The molecule has 0 aliphatic carbocycles. The fraction of sp³-hybridized carbons (Fsp3) is 0.625. The van der Waals surface area contributed by atoms with E-state index in [1.165, 1.54) is 54.6 Å². The quantitative estimate of drug-likeness (QED) is 0.920. The fourth-order valence-electron chi connectivity index (χ4n) is 3.04. The average molecular weight is 309 g/mol.